The Hall–Kier alpha value is -7.40. The second-order valence-electron chi connectivity index (χ2n) is 13.8. The van der Waals surface area contributed by atoms with Crippen molar-refractivity contribution in [1.82, 2.24) is 19.9 Å². The lowest BCUT2D eigenvalue weighted by Crippen LogP contribution is -2.01. The molecule has 0 amide bonds. The molecule has 10 nitrogen and oxygen atoms in total. The van der Waals surface area contributed by atoms with Gasteiger partial charge in [0.2, 0.25) is 0 Å². The molecular weight excluding hydrogens is 729 g/mol. The molecule has 0 unspecified atom stereocenters. The van der Waals surface area contributed by atoms with Crippen LogP contribution in [-0.4, -0.2) is 66.8 Å². The van der Waals surface area contributed by atoms with Gasteiger partial charge in [-0.1, -0.05) is 48.5 Å². The fourth-order valence-electron chi connectivity index (χ4n) is 7.44. The van der Waals surface area contributed by atoms with Crippen LogP contribution in [-0.2, 0) is 0 Å². The molecule has 9 rings (SSSR count). The number of benzene rings is 4. The molecule has 3 aromatic heterocycles. The summed E-state index contributed by atoms with van der Waals surface area (Å²) in [6.07, 6.45) is 8.04. The zero-order valence-electron chi connectivity index (χ0n) is 31.2. The Morgan fingerprint density at radius 2 is 0.655 bits per heavy atom. The number of aromatic nitrogens is 4. The van der Waals surface area contributed by atoms with E-state index < -0.39 is 0 Å². The molecule has 0 atom stereocenters. The van der Waals surface area contributed by atoms with E-state index in [1.165, 1.54) is 0 Å². The number of phenolic OH excluding ortho intramolecular Hbond substituents is 2. The molecule has 58 heavy (non-hydrogen) atoms. The predicted molar refractivity (Wildman–Crippen MR) is 229 cm³/mol. The van der Waals surface area contributed by atoms with Gasteiger partial charge in [0, 0.05) is 44.3 Å². The van der Waals surface area contributed by atoms with E-state index in [4.69, 9.17) is 19.4 Å². The van der Waals surface area contributed by atoms with Gasteiger partial charge in [0.15, 0.2) is 0 Å². The number of ether oxygens (including phenoxy) is 2. The second-order valence-corrected chi connectivity index (χ2v) is 13.8. The van der Waals surface area contributed by atoms with Gasteiger partial charge in [-0.25, -0.2) is 9.97 Å². The Balaban J connectivity index is 1.39. The van der Waals surface area contributed by atoms with Crippen LogP contribution in [0, 0.1) is 0 Å². The van der Waals surface area contributed by atoms with Crippen LogP contribution >= 0.6 is 0 Å². The van der Waals surface area contributed by atoms with Crippen molar-refractivity contribution in [2.45, 2.75) is 0 Å². The molecule has 2 aliphatic heterocycles. The predicted octanol–water partition coefficient (Wildman–Crippen LogP) is 9.48. The molecule has 4 aromatic carbocycles. The molecule has 0 saturated carbocycles. The molecule has 2 aliphatic rings. The van der Waals surface area contributed by atoms with E-state index in [1.807, 2.05) is 121 Å². The third-order valence-corrected chi connectivity index (χ3v) is 10.1. The molecule has 0 radical (unpaired) electrons. The molecule has 6 N–H and O–H groups in total. The van der Waals surface area contributed by atoms with Crippen molar-refractivity contribution in [3.8, 4) is 67.5 Å². The van der Waals surface area contributed by atoms with Crippen molar-refractivity contribution in [2.75, 3.05) is 26.4 Å². The van der Waals surface area contributed by atoms with Gasteiger partial charge < -0.3 is 39.9 Å². The number of hydrogen-bond acceptors (Lipinski definition) is 8. The SMILES string of the molecule is OCCOc1ccc(-c2c3nc(c(-c4ccc(O)cc4)c4ccc([nH]4)c(-c4ccc(OCCO)cc4)c4nc(c(-c5ccc(O)cc5)c5ccc2[nH]5)C=C4)C=C3)cc1. The van der Waals surface area contributed by atoms with Gasteiger partial charge in [-0.3, -0.25) is 0 Å². The van der Waals surface area contributed by atoms with E-state index in [1.54, 1.807) is 24.3 Å². The highest BCUT2D eigenvalue weighted by molar-refractivity contribution is 5.99. The molecule has 0 aliphatic carbocycles. The van der Waals surface area contributed by atoms with E-state index >= 15 is 0 Å². The number of rotatable bonds is 10. The monoisotopic (exact) mass is 766 g/mol. The lowest BCUT2D eigenvalue weighted by atomic mass is 10.0. The maximum atomic E-state index is 10.3. The van der Waals surface area contributed by atoms with Crippen LogP contribution < -0.4 is 9.47 Å². The van der Waals surface area contributed by atoms with Gasteiger partial charge in [0.25, 0.3) is 0 Å². The first kappa shape index (κ1) is 36.3. The summed E-state index contributed by atoms with van der Waals surface area (Å²) in [7, 11) is 0. The lowest BCUT2D eigenvalue weighted by molar-refractivity contribution is 0.201. The number of nitrogens with zero attached hydrogens (tertiary/aromatic N) is 2. The third kappa shape index (κ3) is 7.09. The molecule has 0 saturated heterocycles. The minimum Gasteiger partial charge on any atom is -0.508 e. The van der Waals surface area contributed by atoms with Crippen molar-refractivity contribution < 1.29 is 29.9 Å². The zero-order valence-corrected chi connectivity index (χ0v) is 31.2. The molecule has 286 valence electrons. The normalized spacial score (nSPS) is 11.9. The van der Waals surface area contributed by atoms with Crippen LogP contribution in [0.1, 0.15) is 22.8 Å². The number of phenols is 2. The highest BCUT2D eigenvalue weighted by Crippen LogP contribution is 2.39. The van der Waals surface area contributed by atoms with E-state index in [-0.39, 0.29) is 37.9 Å². The number of aliphatic hydroxyl groups excluding tert-OH is 2. The van der Waals surface area contributed by atoms with Gasteiger partial charge in [0.1, 0.15) is 36.2 Å². The Kier molecular flexibility index (Phi) is 9.76. The zero-order chi connectivity index (χ0) is 39.6. The maximum absolute atomic E-state index is 10.3. The molecular formula is C48H38N4O6. The third-order valence-electron chi connectivity index (χ3n) is 10.1. The van der Waals surface area contributed by atoms with Crippen molar-refractivity contribution in [1.29, 1.82) is 0 Å². The summed E-state index contributed by atoms with van der Waals surface area (Å²) in [6, 6.07) is 37.8. The quantitative estimate of drug-likeness (QED) is 0.0804. The van der Waals surface area contributed by atoms with Crippen LogP contribution in [0.5, 0.6) is 23.0 Å². The fourth-order valence-corrected chi connectivity index (χ4v) is 7.44. The average Bonchev–Trinajstić information content (AvgIpc) is 4.10. The summed E-state index contributed by atoms with van der Waals surface area (Å²) in [4.78, 5) is 18.0. The average molecular weight is 767 g/mol. The van der Waals surface area contributed by atoms with Gasteiger partial charge >= 0.3 is 0 Å². The minimum absolute atomic E-state index is 0.0830. The molecule has 0 spiro atoms. The Morgan fingerprint density at radius 3 is 0.931 bits per heavy atom. The molecule has 7 aromatic rings. The summed E-state index contributed by atoms with van der Waals surface area (Å²) in [5, 5.41) is 39.1. The molecule has 5 heterocycles. The number of H-pyrrole nitrogens is 2. The number of hydrogen-bond donors (Lipinski definition) is 6. The molecule has 8 bridgehead atoms. The standard InChI is InChI=1S/C48H38N4O6/c53-25-27-57-35-13-5-31(6-14-35)47-41-21-17-37(49-41)45(29-1-9-33(55)10-2-29)38-18-22-42(50-38)48(32-7-15-36(16-8-32)58-28-26-54)44-24-20-40(52-44)46(39-19-23-43(47)51-39)30-3-11-34(56)12-4-30/h1-24,49,52-56H,25-28H2. The summed E-state index contributed by atoms with van der Waals surface area (Å²) in [6.45, 7) is 0.221. The maximum Gasteiger partial charge on any atom is 0.119 e. The first-order chi connectivity index (χ1) is 28.4. The highest BCUT2D eigenvalue weighted by Gasteiger charge is 2.19. The number of nitrogens with one attached hydrogen (secondary N) is 2. The lowest BCUT2D eigenvalue weighted by Gasteiger charge is -2.09. The van der Waals surface area contributed by atoms with Crippen LogP contribution in [0.2, 0.25) is 0 Å². The topological polar surface area (TPSA) is 157 Å². The van der Waals surface area contributed by atoms with Crippen molar-refractivity contribution in [2.24, 2.45) is 0 Å². The smallest absolute Gasteiger partial charge is 0.119 e. The van der Waals surface area contributed by atoms with Gasteiger partial charge in [0.05, 0.1) is 36.0 Å². The van der Waals surface area contributed by atoms with Crippen LogP contribution in [0.4, 0.5) is 0 Å². The number of fused-ring (bicyclic) bond motifs is 8. The van der Waals surface area contributed by atoms with Crippen LogP contribution in [0.25, 0.3) is 90.9 Å². The first-order valence-corrected chi connectivity index (χ1v) is 18.9. The van der Waals surface area contributed by atoms with E-state index in [0.717, 1.165) is 89.4 Å². The number of aliphatic hydroxyl groups is 2. The van der Waals surface area contributed by atoms with Crippen LogP contribution in [0.15, 0.2) is 121 Å². The Morgan fingerprint density at radius 1 is 0.379 bits per heavy atom. The summed E-state index contributed by atoms with van der Waals surface area (Å²) >= 11 is 0. The first-order valence-electron chi connectivity index (χ1n) is 18.9. The highest BCUT2D eigenvalue weighted by atomic mass is 16.5. The number of aromatic amines is 2. The van der Waals surface area contributed by atoms with E-state index in [0.29, 0.717) is 11.5 Å². The second kappa shape index (κ2) is 15.6. The van der Waals surface area contributed by atoms with E-state index in [9.17, 15) is 20.4 Å². The van der Waals surface area contributed by atoms with E-state index in [2.05, 4.69) is 9.97 Å². The van der Waals surface area contributed by atoms with Crippen molar-refractivity contribution >= 4 is 46.4 Å². The Labute approximate surface area is 333 Å². The molecule has 10 heteroatoms. The summed E-state index contributed by atoms with van der Waals surface area (Å²) in [5.74, 6) is 1.61. The minimum atomic E-state index is -0.0830. The van der Waals surface area contributed by atoms with Gasteiger partial charge in [-0.15, -0.1) is 0 Å². The Bertz CT molecular complexity index is 2660. The van der Waals surface area contributed by atoms with Gasteiger partial charge in [-0.05, 0) is 119 Å². The molecule has 0 fully saturated rings. The summed E-state index contributed by atoms with van der Waals surface area (Å²) < 4.78 is 11.4. The van der Waals surface area contributed by atoms with Crippen molar-refractivity contribution in [3.05, 3.63) is 144 Å². The fraction of sp³-hybridized carbons (Fsp3) is 0.0833. The largest absolute Gasteiger partial charge is 0.508 e. The van der Waals surface area contributed by atoms with Crippen LogP contribution in [0.3, 0.4) is 0 Å². The van der Waals surface area contributed by atoms with Gasteiger partial charge in [-0.2, -0.15) is 0 Å². The summed E-state index contributed by atoms with van der Waals surface area (Å²) in [5.41, 5.74) is 13.1. The van der Waals surface area contributed by atoms with Crippen molar-refractivity contribution in [3.63, 3.8) is 0 Å². The number of aromatic hydroxyl groups is 2.